The first kappa shape index (κ1) is 14.5. The lowest BCUT2D eigenvalue weighted by atomic mass is 9.85. The number of carboxylic acids is 1. The second kappa shape index (κ2) is 5.85. The molecule has 0 bridgehead atoms. The van der Waals surface area contributed by atoms with Gasteiger partial charge in [0.2, 0.25) is 0 Å². The van der Waals surface area contributed by atoms with Gasteiger partial charge in [0.05, 0.1) is 0 Å². The Labute approximate surface area is 105 Å². The Morgan fingerprint density at radius 2 is 2.18 bits per heavy atom. The molecule has 0 aromatic carbocycles. The van der Waals surface area contributed by atoms with Crippen LogP contribution in [0, 0.1) is 11.8 Å². The average molecular weight is 241 g/mol. The van der Waals surface area contributed by atoms with Gasteiger partial charge in [-0.2, -0.15) is 0 Å². The van der Waals surface area contributed by atoms with Crippen LogP contribution in [0.2, 0.25) is 0 Å². The predicted molar refractivity (Wildman–Crippen MR) is 70.1 cm³/mol. The molecule has 0 radical (unpaired) electrons. The standard InChI is InChI=1S/C14H27NO2/c1-5-12-7-6-8-15(10-12)14(4,13(16)17)9-11(2)3/h11-12H,5-10H2,1-4H3,(H,16,17). The predicted octanol–water partition coefficient (Wildman–Crippen LogP) is 3.00. The van der Waals surface area contributed by atoms with Gasteiger partial charge in [-0.25, -0.2) is 0 Å². The van der Waals surface area contributed by atoms with E-state index in [-0.39, 0.29) is 0 Å². The largest absolute Gasteiger partial charge is 0.480 e. The number of hydrogen-bond donors (Lipinski definition) is 1. The molecule has 0 aliphatic carbocycles. The molecule has 17 heavy (non-hydrogen) atoms. The molecule has 0 aromatic rings. The lowest BCUT2D eigenvalue weighted by molar-refractivity contribution is -0.153. The number of piperidine rings is 1. The van der Waals surface area contributed by atoms with Crippen LogP contribution in [-0.4, -0.2) is 34.6 Å². The maximum Gasteiger partial charge on any atom is 0.323 e. The Morgan fingerprint density at radius 1 is 1.53 bits per heavy atom. The lowest BCUT2D eigenvalue weighted by Crippen LogP contribution is -2.56. The van der Waals surface area contributed by atoms with E-state index in [2.05, 4.69) is 25.7 Å². The number of carboxylic acid groups (broad SMARTS) is 1. The van der Waals surface area contributed by atoms with Gasteiger partial charge < -0.3 is 5.11 Å². The van der Waals surface area contributed by atoms with Crippen molar-refractivity contribution in [1.82, 2.24) is 4.90 Å². The third-order valence-corrected chi connectivity index (χ3v) is 4.06. The minimum absolute atomic E-state index is 0.415. The van der Waals surface area contributed by atoms with E-state index < -0.39 is 11.5 Å². The molecule has 0 saturated carbocycles. The molecule has 1 fully saturated rings. The molecule has 1 aliphatic rings. The molecule has 0 amide bonds. The summed E-state index contributed by atoms with van der Waals surface area (Å²) in [4.78, 5) is 13.8. The Balaban J connectivity index is 2.79. The molecule has 2 unspecified atom stereocenters. The molecule has 1 aliphatic heterocycles. The summed E-state index contributed by atoms with van der Waals surface area (Å²) in [5.74, 6) is 0.427. The van der Waals surface area contributed by atoms with E-state index >= 15 is 0 Å². The van der Waals surface area contributed by atoms with Crippen LogP contribution in [0.5, 0.6) is 0 Å². The van der Waals surface area contributed by atoms with Gasteiger partial charge in [0.15, 0.2) is 0 Å². The first-order chi connectivity index (χ1) is 7.90. The summed E-state index contributed by atoms with van der Waals surface area (Å²) in [7, 11) is 0. The number of aliphatic carboxylic acids is 1. The van der Waals surface area contributed by atoms with E-state index in [9.17, 15) is 9.90 Å². The highest BCUT2D eigenvalue weighted by Gasteiger charge is 2.41. The monoisotopic (exact) mass is 241 g/mol. The van der Waals surface area contributed by atoms with Crippen molar-refractivity contribution in [2.24, 2.45) is 11.8 Å². The van der Waals surface area contributed by atoms with E-state index in [0.29, 0.717) is 11.8 Å². The summed E-state index contributed by atoms with van der Waals surface area (Å²) in [6.07, 6.45) is 4.29. The zero-order chi connectivity index (χ0) is 13.1. The van der Waals surface area contributed by atoms with Crippen molar-refractivity contribution < 1.29 is 9.90 Å². The number of likely N-dealkylation sites (tertiary alicyclic amines) is 1. The molecule has 3 heteroatoms. The summed E-state index contributed by atoms with van der Waals surface area (Å²) in [6.45, 7) is 10.2. The Kier molecular flexibility index (Phi) is 4.99. The minimum Gasteiger partial charge on any atom is -0.480 e. The quantitative estimate of drug-likeness (QED) is 0.804. The molecule has 1 saturated heterocycles. The summed E-state index contributed by atoms with van der Waals surface area (Å²) in [5.41, 5.74) is -0.679. The second-order valence-corrected chi connectivity index (χ2v) is 6.04. The summed E-state index contributed by atoms with van der Waals surface area (Å²) in [6, 6.07) is 0. The number of nitrogens with zero attached hydrogens (tertiary/aromatic N) is 1. The Morgan fingerprint density at radius 3 is 2.65 bits per heavy atom. The van der Waals surface area contributed by atoms with E-state index in [1.165, 1.54) is 6.42 Å². The zero-order valence-corrected chi connectivity index (χ0v) is 11.7. The second-order valence-electron chi connectivity index (χ2n) is 6.04. The van der Waals surface area contributed by atoms with Crippen LogP contribution in [0.1, 0.15) is 53.4 Å². The highest BCUT2D eigenvalue weighted by molar-refractivity contribution is 5.78. The van der Waals surface area contributed by atoms with Gasteiger partial charge in [-0.05, 0) is 44.6 Å². The molecule has 100 valence electrons. The van der Waals surface area contributed by atoms with E-state index in [0.717, 1.165) is 32.4 Å². The van der Waals surface area contributed by atoms with Crippen molar-refractivity contribution in [1.29, 1.82) is 0 Å². The van der Waals surface area contributed by atoms with E-state index in [1.54, 1.807) is 0 Å². The van der Waals surface area contributed by atoms with Crippen LogP contribution in [0.4, 0.5) is 0 Å². The maximum atomic E-state index is 11.6. The molecule has 0 aromatic heterocycles. The van der Waals surface area contributed by atoms with E-state index in [4.69, 9.17) is 0 Å². The van der Waals surface area contributed by atoms with Gasteiger partial charge in [-0.3, -0.25) is 9.69 Å². The number of rotatable bonds is 5. The number of hydrogen-bond acceptors (Lipinski definition) is 2. The van der Waals surface area contributed by atoms with Crippen LogP contribution in [0.15, 0.2) is 0 Å². The van der Waals surface area contributed by atoms with Gasteiger partial charge in [0, 0.05) is 6.54 Å². The fourth-order valence-electron chi connectivity index (χ4n) is 2.99. The van der Waals surface area contributed by atoms with Crippen LogP contribution in [0.25, 0.3) is 0 Å². The fraction of sp³-hybridized carbons (Fsp3) is 0.929. The topological polar surface area (TPSA) is 40.5 Å². The number of carbonyl (C=O) groups is 1. The first-order valence-corrected chi connectivity index (χ1v) is 6.88. The van der Waals surface area contributed by atoms with Crippen molar-refractivity contribution in [3.63, 3.8) is 0 Å². The van der Waals surface area contributed by atoms with Gasteiger partial charge >= 0.3 is 5.97 Å². The van der Waals surface area contributed by atoms with Gasteiger partial charge in [-0.15, -0.1) is 0 Å². The molecule has 1 heterocycles. The van der Waals surface area contributed by atoms with Crippen LogP contribution >= 0.6 is 0 Å². The van der Waals surface area contributed by atoms with Gasteiger partial charge in [0.1, 0.15) is 5.54 Å². The van der Waals surface area contributed by atoms with Crippen molar-refractivity contribution in [3.05, 3.63) is 0 Å². The van der Waals surface area contributed by atoms with Gasteiger partial charge in [-0.1, -0.05) is 27.2 Å². The first-order valence-electron chi connectivity index (χ1n) is 6.88. The lowest BCUT2D eigenvalue weighted by Gasteiger charge is -2.43. The average Bonchev–Trinajstić information content (AvgIpc) is 2.28. The van der Waals surface area contributed by atoms with E-state index in [1.807, 2.05) is 6.92 Å². The normalized spacial score (nSPS) is 25.8. The maximum absolute atomic E-state index is 11.6. The van der Waals surface area contributed by atoms with Crippen molar-refractivity contribution >= 4 is 5.97 Å². The molecule has 1 rings (SSSR count). The molecule has 0 spiro atoms. The van der Waals surface area contributed by atoms with Crippen LogP contribution < -0.4 is 0 Å². The van der Waals surface area contributed by atoms with Crippen molar-refractivity contribution in [2.45, 2.75) is 58.9 Å². The molecular formula is C14H27NO2. The SMILES string of the molecule is CCC1CCCN(C(C)(CC(C)C)C(=O)O)C1. The Bertz CT molecular complexity index is 265. The van der Waals surface area contributed by atoms with Crippen molar-refractivity contribution in [2.75, 3.05) is 13.1 Å². The summed E-state index contributed by atoms with van der Waals surface area (Å²) < 4.78 is 0. The summed E-state index contributed by atoms with van der Waals surface area (Å²) in [5, 5.41) is 9.55. The van der Waals surface area contributed by atoms with Gasteiger partial charge in [0.25, 0.3) is 0 Å². The highest BCUT2D eigenvalue weighted by Crippen LogP contribution is 2.30. The Hall–Kier alpha value is -0.570. The molecule has 2 atom stereocenters. The van der Waals surface area contributed by atoms with Crippen molar-refractivity contribution in [3.8, 4) is 0 Å². The van der Waals surface area contributed by atoms with Crippen LogP contribution in [-0.2, 0) is 4.79 Å². The third-order valence-electron chi connectivity index (χ3n) is 4.06. The molecular weight excluding hydrogens is 214 g/mol. The molecule has 1 N–H and O–H groups in total. The highest BCUT2D eigenvalue weighted by atomic mass is 16.4. The molecule has 3 nitrogen and oxygen atoms in total. The summed E-state index contributed by atoms with van der Waals surface area (Å²) >= 11 is 0. The minimum atomic E-state index is -0.679. The van der Waals surface area contributed by atoms with Crippen LogP contribution in [0.3, 0.4) is 0 Å². The smallest absolute Gasteiger partial charge is 0.323 e. The fourth-order valence-corrected chi connectivity index (χ4v) is 2.99. The zero-order valence-electron chi connectivity index (χ0n) is 11.7. The third kappa shape index (κ3) is 3.44.